The van der Waals surface area contributed by atoms with Gasteiger partial charge in [0.25, 0.3) is 5.69 Å². The molecule has 9 nitrogen and oxygen atoms in total. The second-order valence-corrected chi connectivity index (χ2v) is 8.16. The van der Waals surface area contributed by atoms with Crippen molar-refractivity contribution in [2.75, 3.05) is 0 Å². The first kappa shape index (κ1) is 20.0. The molecule has 1 N–H and O–H groups in total. The van der Waals surface area contributed by atoms with Gasteiger partial charge in [0.2, 0.25) is 11.8 Å². The fourth-order valence-corrected chi connectivity index (χ4v) is 4.84. The summed E-state index contributed by atoms with van der Waals surface area (Å²) in [6.45, 7) is 1.31. The second kappa shape index (κ2) is 8.48. The average Bonchev–Trinajstić information content (AvgIpc) is 2.95. The van der Waals surface area contributed by atoms with Gasteiger partial charge < -0.3 is 10.1 Å². The third-order valence-electron chi connectivity index (χ3n) is 3.82. The minimum absolute atomic E-state index is 0.0522. The molecule has 146 valence electrons. The number of carbonyl (C=O) groups excluding carboxylic acids is 3. The fourth-order valence-electron chi connectivity index (χ4n) is 2.47. The van der Waals surface area contributed by atoms with E-state index in [-0.39, 0.29) is 35.2 Å². The van der Waals surface area contributed by atoms with Crippen molar-refractivity contribution in [3.05, 3.63) is 61.5 Å². The lowest BCUT2D eigenvalue weighted by Gasteiger charge is -2.34. The molecule has 0 aromatic heterocycles. The number of fused-ring (bicyclic) bond motifs is 1. The largest absolute Gasteiger partial charge is 0.456 e. The van der Waals surface area contributed by atoms with Gasteiger partial charge in [-0.15, -0.1) is 0 Å². The van der Waals surface area contributed by atoms with Crippen LogP contribution in [0.15, 0.2) is 45.8 Å². The number of esters is 1. The number of nitrogens with one attached hydrogen (secondary N) is 1. The first-order chi connectivity index (χ1) is 13.4. The molecule has 0 aliphatic carbocycles. The third-order valence-corrected chi connectivity index (χ3v) is 6.14. The summed E-state index contributed by atoms with van der Waals surface area (Å²) in [4.78, 5) is 46.9. The van der Waals surface area contributed by atoms with Gasteiger partial charge in [0.15, 0.2) is 5.70 Å². The number of benzene rings is 1. The summed E-state index contributed by atoms with van der Waals surface area (Å²) in [5.41, 5.74) is 0.728. The van der Waals surface area contributed by atoms with Crippen LogP contribution < -0.4 is 5.32 Å². The number of ether oxygens (including phenoxy) is 1. The van der Waals surface area contributed by atoms with Gasteiger partial charge in [0, 0.05) is 25.3 Å². The normalized spacial score (nSPS) is 18.1. The summed E-state index contributed by atoms with van der Waals surface area (Å²) in [5, 5.41) is 14.7. The van der Waals surface area contributed by atoms with Crippen LogP contribution in [0, 0.1) is 10.1 Å². The van der Waals surface area contributed by atoms with Crippen LogP contribution in [-0.4, -0.2) is 33.0 Å². The van der Waals surface area contributed by atoms with Crippen molar-refractivity contribution in [3.8, 4) is 0 Å². The van der Waals surface area contributed by atoms with Gasteiger partial charge in [-0.05, 0) is 23.1 Å². The van der Waals surface area contributed by atoms with Crippen LogP contribution in [0.5, 0.6) is 0 Å². The monoisotopic (exact) mass is 421 g/mol. The SMILES string of the molecule is CC(=O)N/C=C\SC1=C(C(=O)OCc2ccc([N+](=O)[O-])cc2)N2C(=O)C[C@H]2S1. The number of hydrogen-bond donors (Lipinski definition) is 1. The summed E-state index contributed by atoms with van der Waals surface area (Å²) in [6, 6.07) is 5.67. The first-order valence-corrected chi connectivity index (χ1v) is 9.85. The Hall–Kier alpha value is -2.79. The minimum atomic E-state index is -0.642. The van der Waals surface area contributed by atoms with Crippen LogP contribution in [0.2, 0.25) is 0 Å². The number of hydrogen-bond acceptors (Lipinski definition) is 8. The first-order valence-electron chi connectivity index (χ1n) is 8.09. The fraction of sp³-hybridized carbons (Fsp3) is 0.235. The molecule has 0 bridgehead atoms. The molecule has 28 heavy (non-hydrogen) atoms. The van der Waals surface area contributed by atoms with E-state index < -0.39 is 10.9 Å². The van der Waals surface area contributed by atoms with E-state index in [0.717, 1.165) is 0 Å². The predicted octanol–water partition coefficient (Wildman–Crippen LogP) is 2.45. The molecular weight excluding hydrogens is 406 g/mol. The molecule has 0 unspecified atom stereocenters. The van der Waals surface area contributed by atoms with Crippen molar-refractivity contribution >= 4 is 47.0 Å². The van der Waals surface area contributed by atoms with E-state index in [4.69, 9.17) is 4.74 Å². The molecule has 11 heteroatoms. The van der Waals surface area contributed by atoms with E-state index >= 15 is 0 Å². The summed E-state index contributed by atoms with van der Waals surface area (Å²) < 4.78 is 5.92. The molecule has 1 atom stereocenters. The van der Waals surface area contributed by atoms with Gasteiger partial charge in [-0.2, -0.15) is 0 Å². The Bertz CT molecular complexity index is 897. The Kier molecular flexibility index (Phi) is 6.05. The maximum absolute atomic E-state index is 12.6. The van der Waals surface area contributed by atoms with E-state index in [2.05, 4.69) is 5.32 Å². The van der Waals surface area contributed by atoms with Gasteiger partial charge >= 0.3 is 5.97 Å². The van der Waals surface area contributed by atoms with Crippen LogP contribution in [0.4, 0.5) is 5.69 Å². The number of β-lactam (4-membered cyclic amide) rings is 1. The maximum Gasteiger partial charge on any atom is 0.357 e. The van der Waals surface area contributed by atoms with Gasteiger partial charge in [-0.25, -0.2) is 4.79 Å². The quantitative estimate of drug-likeness (QED) is 0.309. The summed E-state index contributed by atoms with van der Waals surface area (Å²) in [5.74, 6) is -1.01. The highest BCUT2D eigenvalue weighted by molar-refractivity contribution is 8.24. The molecule has 0 saturated carbocycles. The Morgan fingerprint density at radius 3 is 2.75 bits per heavy atom. The number of nitro benzene ring substituents is 1. The molecule has 2 amide bonds. The van der Waals surface area contributed by atoms with Crippen molar-refractivity contribution in [2.45, 2.75) is 25.3 Å². The van der Waals surface area contributed by atoms with Crippen molar-refractivity contribution in [1.29, 1.82) is 0 Å². The number of non-ortho nitro benzene ring substituents is 1. The summed E-state index contributed by atoms with van der Waals surface area (Å²) >= 11 is 2.61. The molecule has 2 heterocycles. The van der Waals surface area contributed by atoms with E-state index in [1.165, 1.54) is 65.8 Å². The van der Waals surface area contributed by atoms with Crippen LogP contribution >= 0.6 is 23.5 Å². The van der Waals surface area contributed by atoms with Crippen LogP contribution in [0.3, 0.4) is 0 Å². The smallest absolute Gasteiger partial charge is 0.357 e. The van der Waals surface area contributed by atoms with Crippen molar-refractivity contribution in [1.82, 2.24) is 10.2 Å². The van der Waals surface area contributed by atoms with E-state index in [1.54, 1.807) is 5.41 Å². The van der Waals surface area contributed by atoms with Crippen molar-refractivity contribution in [2.24, 2.45) is 0 Å². The number of rotatable bonds is 7. The third kappa shape index (κ3) is 4.37. The highest BCUT2D eigenvalue weighted by Gasteiger charge is 2.49. The van der Waals surface area contributed by atoms with Gasteiger partial charge in [0.05, 0.1) is 21.0 Å². The Balaban J connectivity index is 1.67. The Morgan fingerprint density at radius 2 is 2.14 bits per heavy atom. The lowest BCUT2D eigenvalue weighted by molar-refractivity contribution is -0.384. The van der Waals surface area contributed by atoms with Crippen LogP contribution in [0.25, 0.3) is 0 Å². The van der Waals surface area contributed by atoms with Crippen LogP contribution in [0.1, 0.15) is 18.9 Å². The predicted molar refractivity (Wildman–Crippen MR) is 103 cm³/mol. The van der Waals surface area contributed by atoms with E-state index in [0.29, 0.717) is 16.2 Å². The zero-order chi connectivity index (χ0) is 20.3. The molecule has 1 aromatic carbocycles. The molecule has 1 aromatic rings. The average molecular weight is 421 g/mol. The summed E-state index contributed by atoms with van der Waals surface area (Å²) in [7, 11) is 0. The molecule has 1 fully saturated rings. The topological polar surface area (TPSA) is 119 Å². The van der Waals surface area contributed by atoms with Gasteiger partial charge in [-0.3, -0.25) is 24.6 Å². The summed E-state index contributed by atoms with van der Waals surface area (Å²) in [6.07, 6.45) is 1.81. The van der Waals surface area contributed by atoms with E-state index in [1.807, 2.05) is 0 Å². The Morgan fingerprint density at radius 1 is 1.43 bits per heavy atom. The number of nitrogens with zero attached hydrogens (tertiary/aromatic N) is 2. The second-order valence-electron chi connectivity index (χ2n) is 5.80. The molecule has 3 rings (SSSR count). The number of carbonyl (C=O) groups is 3. The lowest BCUT2D eigenvalue weighted by Crippen LogP contribution is -2.48. The van der Waals surface area contributed by atoms with Crippen molar-refractivity contribution < 1.29 is 24.0 Å². The van der Waals surface area contributed by atoms with Crippen LogP contribution in [-0.2, 0) is 25.7 Å². The zero-order valence-electron chi connectivity index (χ0n) is 14.6. The number of thioether (sulfide) groups is 2. The maximum atomic E-state index is 12.6. The molecule has 2 aliphatic heterocycles. The van der Waals surface area contributed by atoms with Gasteiger partial charge in [-0.1, -0.05) is 23.5 Å². The number of nitro groups is 1. The molecule has 1 saturated heterocycles. The Labute approximate surface area is 168 Å². The molecule has 0 radical (unpaired) electrons. The van der Waals surface area contributed by atoms with Gasteiger partial charge in [0.1, 0.15) is 6.61 Å². The standard InChI is InChI=1S/C17H15N3O6S2/c1-10(21)18-6-7-27-17-15(19-13(22)8-14(19)28-17)16(23)26-9-11-2-4-12(5-3-11)20(24)25/h2-7,14H,8-9H2,1H3,(H,18,21)/b7-6-/t14-/m1/s1. The highest BCUT2D eigenvalue weighted by Crippen LogP contribution is 2.50. The van der Waals surface area contributed by atoms with Crippen molar-refractivity contribution in [3.63, 3.8) is 0 Å². The highest BCUT2D eigenvalue weighted by atomic mass is 32.2. The van der Waals surface area contributed by atoms with E-state index in [9.17, 15) is 24.5 Å². The lowest BCUT2D eigenvalue weighted by atomic mass is 10.2. The molecule has 2 aliphatic rings. The zero-order valence-corrected chi connectivity index (χ0v) is 16.2. The number of amides is 2. The molecule has 0 spiro atoms. The molecular formula is C17H15N3O6S2. The minimum Gasteiger partial charge on any atom is -0.456 e.